The van der Waals surface area contributed by atoms with Crippen molar-refractivity contribution in [2.45, 2.75) is 50.2 Å². The summed E-state index contributed by atoms with van der Waals surface area (Å²) in [6.07, 6.45) is -0.778. The third kappa shape index (κ3) is 7.75. The number of carbonyl (C=O) groups is 2. The third-order valence-corrected chi connectivity index (χ3v) is 5.05. The van der Waals surface area contributed by atoms with Crippen LogP contribution in [-0.4, -0.2) is 37.2 Å². The van der Waals surface area contributed by atoms with Crippen LogP contribution < -0.4 is 9.50 Å². The molecule has 9 heteroatoms. The maximum absolute atomic E-state index is 12.3. The third-order valence-electron chi connectivity index (χ3n) is 3.79. The fourth-order valence-electron chi connectivity index (χ4n) is 2.59. The van der Waals surface area contributed by atoms with E-state index in [4.69, 9.17) is 14.0 Å². The Bertz CT molecular complexity index is 965. The molecule has 1 amide bonds. The molecule has 0 aliphatic rings. The maximum atomic E-state index is 12.3. The number of amides is 1. The zero-order valence-corrected chi connectivity index (χ0v) is 17.8. The second-order valence-corrected chi connectivity index (χ2v) is 9.19. The Morgan fingerprint density at radius 3 is 2.17 bits per heavy atom. The Balaban J connectivity index is 2.06. The number of hydrogen-bond donors (Lipinski definition) is 2. The van der Waals surface area contributed by atoms with Crippen LogP contribution in [0.5, 0.6) is 5.75 Å². The van der Waals surface area contributed by atoms with Gasteiger partial charge in [-0.1, -0.05) is 30.3 Å². The fraction of sp³-hybridized carbons (Fsp3) is 0.333. The van der Waals surface area contributed by atoms with Gasteiger partial charge >= 0.3 is 22.2 Å². The normalized spacial score (nSPS) is 12.6. The molecule has 2 aromatic carbocycles. The molecule has 0 bridgehead atoms. The van der Waals surface area contributed by atoms with E-state index in [0.717, 1.165) is 0 Å². The second kappa shape index (κ2) is 9.62. The van der Waals surface area contributed by atoms with E-state index >= 15 is 0 Å². The number of ether oxygens (including phenoxy) is 1. The van der Waals surface area contributed by atoms with Gasteiger partial charge in [0.2, 0.25) is 0 Å². The van der Waals surface area contributed by atoms with E-state index in [9.17, 15) is 18.0 Å². The van der Waals surface area contributed by atoms with Crippen molar-refractivity contribution in [1.29, 1.82) is 0 Å². The Hall–Kier alpha value is -3.07. The Labute approximate surface area is 176 Å². The topological polar surface area (TPSA) is 119 Å². The highest BCUT2D eigenvalue weighted by Crippen LogP contribution is 2.20. The fourth-order valence-corrected chi connectivity index (χ4v) is 3.54. The molecule has 0 aliphatic heterocycles. The minimum absolute atomic E-state index is 0.0390. The molecular formula is C21H25NO7S. The van der Waals surface area contributed by atoms with E-state index in [1.165, 1.54) is 24.3 Å². The highest BCUT2D eigenvalue weighted by molar-refractivity contribution is 7.87. The standard InChI is InChI=1S/C21H25NO7S/c1-21(2,3)28-20(25)22-16(14-19(23)24)13-15-9-11-17(12-10-15)29-30(26,27)18-7-5-4-6-8-18/h4-12,16H,13-14H2,1-3H3,(H,22,25)(H,23,24). The van der Waals surface area contributed by atoms with Crippen LogP contribution in [0.3, 0.4) is 0 Å². The van der Waals surface area contributed by atoms with Crippen LogP contribution in [-0.2, 0) is 26.1 Å². The molecule has 0 radical (unpaired) electrons. The summed E-state index contributed by atoms with van der Waals surface area (Å²) >= 11 is 0. The lowest BCUT2D eigenvalue weighted by Crippen LogP contribution is -2.41. The molecule has 1 unspecified atom stereocenters. The first-order valence-corrected chi connectivity index (χ1v) is 10.7. The summed E-state index contributed by atoms with van der Waals surface area (Å²) in [6, 6.07) is 13.2. The average molecular weight is 435 g/mol. The first-order valence-electron chi connectivity index (χ1n) is 9.24. The van der Waals surface area contributed by atoms with Gasteiger partial charge in [0.1, 0.15) is 16.2 Å². The van der Waals surface area contributed by atoms with Crippen molar-refractivity contribution in [2.24, 2.45) is 0 Å². The van der Waals surface area contributed by atoms with Crippen LogP contribution in [0, 0.1) is 0 Å². The van der Waals surface area contributed by atoms with E-state index in [1.54, 1.807) is 51.1 Å². The number of aliphatic carboxylic acids is 1. The van der Waals surface area contributed by atoms with Gasteiger partial charge in [-0.05, 0) is 57.0 Å². The van der Waals surface area contributed by atoms with Gasteiger partial charge in [-0.2, -0.15) is 8.42 Å². The lowest BCUT2D eigenvalue weighted by molar-refractivity contribution is -0.137. The molecule has 0 fully saturated rings. The molecule has 0 saturated heterocycles. The number of benzene rings is 2. The van der Waals surface area contributed by atoms with Crippen LogP contribution in [0.15, 0.2) is 59.5 Å². The Kier molecular flexibility index (Phi) is 7.44. The van der Waals surface area contributed by atoms with Crippen molar-refractivity contribution >= 4 is 22.2 Å². The van der Waals surface area contributed by atoms with Crippen LogP contribution in [0.2, 0.25) is 0 Å². The molecule has 0 saturated carbocycles. The molecular weight excluding hydrogens is 410 g/mol. The summed E-state index contributed by atoms with van der Waals surface area (Å²) in [6.45, 7) is 5.13. The molecule has 0 aromatic heterocycles. The molecule has 30 heavy (non-hydrogen) atoms. The summed E-state index contributed by atoms with van der Waals surface area (Å²) in [4.78, 5) is 23.1. The van der Waals surface area contributed by atoms with Gasteiger partial charge in [-0.15, -0.1) is 0 Å². The van der Waals surface area contributed by atoms with Gasteiger partial charge in [-0.25, -0.2) is 4.79 Å². The summed E-state index contributed by atoms with van der Waals surface area (Å²) in [7, 11) is -3.95. The van der Waals surface area contributed by atoms with E-state index < -0.39 is 33.8 Å². The predicted molar refractivity (Wildman–Crippen MR) is 110 cm³/mol. The van der Waals surface area contributed by atoms with Gasteiger partial charge in [0.05, 0.1) is 6.42 Å². The smallest absolute Gasteiger partial charge is 0.407 e. The maximum Gasteiger partial charge on any atom is 0.407 e. The lowest BCUT2D eigenvalue weighted by atomic mass is 10.0. The number of rotatable bonds is 8. The molecule has 2 rings (SSSR count). The van der Waals surface area contributed by atoms with Gasteiger partial charge < -0.3 is 19.3 Å². The zero-order chi connectivity index (χ0) is 22.4. The van der Waals surface area contributed by atoms with Crippen molar-refractivity contribution in [1.82, 2.24) is 5.32 Å². The number of nitrogens with one attached hydrogen (secondary N) is 1. The molecule has 2 aromatic rings. The number of carbonyl (C=O) groups excluding carboxylic acids is 1. The number of alkyl carbamates (subject to hydrolysis) is 1. The Morgan fingerprint density at radius 2 is 1.63 bits per heavy atom. The van der Waals surface area contributed by atoms with Crippen LogP contribution in [0.1, 0.15) is 32.8 Å². The van der Waals surface area contributed by atoms with Gasteiger partial charge in [-0.3, -0.25) is 4.79 Å². The number of carboxylic acids is 1. The Morgan fingerprint density at radius 1 is 1.03 bits per heavy atom. The summed E-state index contributed by atoms with van der Waals surface area (Å²) < 4.78 is 34.8. The van der Waals surface area contributed by atoms with Crippen LogP contribution in [0.25, 0.3) is 0 Å². The van der Waals surface area contributed by atoms with Crippen molar-refractivity contribution in [3.63, 3.8) is 0 Å². The molecule has 0 aliphatic carbocycles. The molecule has 0 heterocycles. The van der Waals surface area contributed by atoms with Crippen molar-refractivity contribution in [3.8, 4) is 5.75 Å². The van der Waals surface area contributed by atoms with Gasteiger partial charge in [0.15, 0.2) is 0 Å². The van der Waals surface area contributed by atoms with Crippen molar-refractivity contribution < 1.29 is 32.0 Å². The first kappa shape index (κ1) is 23.2. The molecule has 8 nitrogen and oxygen atoms in total. The predicted octanol–water partition coefficient (Wildman–Crippen LogP) is 3.36. The minimum atomic E-state index is -3.95. The number of carboxylic acid groups (broad SMARTS) is 1. The summed E-state index contributed by atoms with van der Waals surface area (Å²) in [5, 5.41) is 11.7. The zero-order valence-electron chi connectivity index (χ0n) is 17.0. The second-order valence-electron chi connectivity index (χ2n) is 7.64. The summed E-state index contributed by atoms with van der Waals surface area (Å²) in [5.41, 5.74) is -0.0112. The van der Waals surface area contributed by atoms with Crippen molar-refractivity contribution in [2.75, 3.05) is 0 Å². The molecule has 162 valence electrons. The highest BCUT2D eigenvalue weighted by Gasteiger charge is 2.22. The van der Waals surface area contributed by atoms with E-state index in [0.29, 0.717) is 5.56 Å². The molecule has 2 N–H and O–H groups in total. The largest absolute Gasteiger partial charge is 0.481 e. The SMILES string of the molecule is CC(C)(C)OC(=O)NC(CC(=O)O)Cc1ccc(OS(=O)(=O)c2ccccc2)cc1. The van der Waals surface area contributed by atoms with E-state index in [-0.39, 0.29) is 23.5 Å². The van der Waals surface area contributed by atoms with Crippen LogP contribution >= 0.6 is 0 Å². The van der Waals surface area contributed by atoms with Gasteiger partial charge in [0, 0.05) is 6.04 Å². The molecule has 1 atom stereocenters. The van der Waals surface area contributed by atoms with E-state index in [2.05, 4.69) is 5.32 Å². The highest BCUT2D eigenvalue weighted by atomic mass is 32.2. The minimum Gasteiger partial charge on any atom is -0.481 e. The molecule has 0 spiro atoms. The first-order chi connectivity index (χ1) is 13.9. The average Bonchev–Trinajstić information content (AvgIpc) is 2.61. The van der Waals surface area contributed by atoms with Gasteiger partial charge in [0.25, 0.3) is 0 Å². The number of hydrogen-bond acceptors (Lipinski definition) is 6. The monoisotopic (exact) mass is 435 g/mol. The van der Waals surface area contributed by atoms with Crippen LogP contribution in [0.4, 0.5) is 4.79 Å². The lowest BCUT2D eigenvalue weighted by Gasteiger charge is -2.23. The van der Waals surface area contributed by atoms with Crippen molar-refractivity contribution in [3.05, 3.63) is 60.2 Å². The quantitative estimate of drug-likeness (QED) is 0.610. The summed E-state index contributed by atoms with van der Waals surface area (Å²) in [5.74, 6) is -0.942. The van der Waals surface area contributed by atoms with E-state index in [1.807, 2.05) is 0 Å².